The quantitative estimate of drug-likeness (QED) is 0.704. The highest BCUT2D eigenvalue weighted by molar-refractivity contribution is 6.29. The summed E-state index contributed by atoms with van der Waals surface area (Å²) in [5, 5.41) is 12.4. The van der Waals surface area contributed by atoms with Crippen LogP contribution in [0.1, 0.15) is 5.82 Å². The Morgan fingerprint density at radius 2 is 2.18 bits per heavy atom. The minimum absolute atomic E-state index is 0.0604. The Morgan fingerprint density at radius 1 is 1.41 bits per heavy atom. The second kappa shape index (κ2) is 7.39. The van der Waals surface area contributed by atoms with Crippen molar-refractivity contribution in [3.05, 3.63) is 17.0 Å². The van der Waals surface area contributed by atoms with Gasteiger partial charge in [0.05, 0.1) is 19.3 Å². The number of rotatable bonds is 7. The van der Waals surface area contributed by atoms with Gasteiger partial charge in [-0.3, -0.25) is 0 Å². The number of ether oxygens (including phenoxy) is 2. The lowest BCUT2D eigenvalue weighted by Crippen LogP contribution is -2.29. The van der Waals surface area contributed by atoms with E-state index in [0.29, 0.717) is 23.4 Å². The Bertz CT molecular complexity index is 352. The summed E-state index contributed by atoms with van der Waals surface area (Å²) < 4.78 is 9.88. The minimum atomic E-state index is -0.235. The number of aromatic nitrogens is 2. The first-order valence-corrected chi connectivity index (χ1v) is 5.46. The van der Waals surface area contributed by atoms with E-state index in [-0.39, 0.29) is 19.3 Å². The summed E-state index contributed by atoms with van der Waals surface area (Å²) in [5.74, 6) is 1.02. The van der Waals surface area contributed by atoms with E-state index in [1.54, 1.807) is 20.3 Å². The molecule has 0 radical (unpaired) electrons. The lowest BCUT2D eigenvalue weighted by Gasteiger charge is -2.16. The van der Waals surface area contributed by atoms with Crippen molar-refractivity contribution in [1.82, 2.24) is 9.97 Å². The fourth-order valence-electron chi connectivity index (χ4n) is 1.28. The molecule has 1 atom stereocenters. The Morgan fingerprint density at radius 3 is 2.76 bits per heavy atom. The lowest BCUT2D eigenvalue weighted by molar-refractivity contribution is 0.153. The molecule has 0 bridgehead atoms. The van der Waals surface area contributed by atoms with Gasteiger partial charge in [0.25, 0.3) is 0 Å². The van der Waals surface area contributed by atoms with Crippen LogP contribution in [-0.2, 0) is 16.1 Å². The number of hydrogen-bond donors (Lipinski definition) is 2. The first-order chi connectivity index (χ1) is 8.19. The van der Waals surface area contributed by atoms with E-state index in [9.17, 15) is 0 Å². The van der Waals surface area contributed by atoms with Crippen molar-refractivity contribution < 1.29 is 14.6 Å². The highest BCUT2D eigenvalue weighted by Crippen LogP contribution is 2.13. The van der Waals surface area contributed by atoms with Crippen LogP contribution in [0.25, 0.3) is 0 Å². The van der Waals surface area contributed by atoms with Crippen LogP contribution >= 0.6 is 11.6 Å². The van der Waals surface area contributed by atoms with E-state index < -0.39 is 0 Å². The number of anilines is 1. The van der Waals surface area contributed by atoms with Gasteiger partial charge in [0.15, 0.2) is 5.82 Å². The molecule has 96 valence electrons. The van der Waals surface area contributed by atoms with E-state index in [4.69, 9.17) is 26.2 Å². The Hall–Kier alpha value is -0.950. The molecule has 0 saturated carbocycles. The molecule has 0 fully saturated rings. The minimum Gasteiger partial charge on any atom is -0.394 e. The van der Waals surface area contributed by atoms with E-state index in [1.165, 1.54) is 0 Å². The lowest BCUT2D eigenvalue weighted by atomic mass is 10.3. The van der Waals surface area contributed by atoms with Crippen LogP contribution in [0, 0.1) is 0 Å². The molecule has 6 nitrogen and oxygen atoms in total. The monoisotopic (exact) mass is 261 g/mol. The zero-order chi connectivity index (χ0) is 12.7. The van der Waals surface area contributed by atoms with Crippen molar-refractivity contribution in [1.29, 1.82) is 0 Å². The largest absolute Gasteiger partial charge is 0.394 e. The van der Waals surface area contributed by atoms with Crippen molar-refractivity contribution in [2.75, 3.05) is 32.8 Å². The van der Waals surface area contributed by atoms with Crippen molar-refractivity contribution in [2.24, 2.45) is 0 Å². The molecule has 1 heterocycles. The number of hydrogen-bond acceptors (Lipinski definition) is 6. The Labute approximate surface area is 105 Å². The summed E-state index contributed by atoms with van der Waals surface area (Å²) >= 11 is 5.85. The highest BCUT2D eigenvalue weighted by Gasteiger charge is 2.09. The summed E-state index contributed by atoms with van der Waals surface area (Å²) in [4.78, 5) is 8.19. The SMILES string of the molecule is COCc1nc(Cl)cc(NC(CO)COC)n1. The molecule has 1 unspecified atom stereocenters. The highest BCUT2D eigenvalue weighted by atomic mass is 35.5. The molecule has 0 amide bonds. The van der Waals surface area contributed by atoms with Gasteiger partial charge in [0.2, 0.25) is 0 Å². The number of methoxy groups -OCH3 is 2. The standard InChI is InChI=1S/C10H16ClN3O3/c1-16-5-7(4-15)12-9-3-8(11)13-10(14-9)6-17-2/h3,7,15H,4-6H2,1-2H3,(H,12,13,14). The van der Waals surface area contributed by atoms with Crippen LogP contribution < -0.4 is 5.32 Å². The molecule has 1 aromatic heterocycles. The molecule has 17 heavy (non-hydrogen) atoms. The summed E-state index contributed by atoms with van der Waals surface area (Å²) in [7, 11) is 3.12. The molecule has 1 rings (SSSR count). The summed E-state index contributed by atoms with van der Waals surface area (Å²) in [5.41, 5.74) is 0. The van der Waals surface area contributed by atoms with Crippen LogP contribution in [0.5, 0.6) is 0 Å². The van der Waals surface area contributed by atoms with Crippen LogP contribution in [0.2, 0.25) is 5.15 Å². The topological polar surface area (TPSA) is 76.5 Å². The maximum atomic E-state index is 9.12. The van der Waals surface area contributed by atoms with E-state index >= 15 is 0 Å². The van der Waals surface area contributed by atoms with Crippen molar-refractivity contribution in [3.63, 3.8) is 0 Å². The normalized spacial score (nSPS) is 12.5. The van der Waals surface area contributed by atoms with Gasteiger partial charge in [-0.1, -0.05) is 11.6 Å². The number of aliphatic hydroxyl groups is 1. The second-order valence-electron chi connectivity index (χ2n) is 3.40. The summed E-state index contributed by atoms with van der Waals surface area (Å²) in [6.45, 7) is 0.593. The fourth-order valence-corrected chi connectivity index (χ4v) is 1.48. The predicted molar refractivity (Wildman–Crippen MR) is 64.1 cm³/mol. The van der Waals surface area contributed by atoms with E-state index in [0.717, 1.165) is 0 Å². The van der Waals surface area contributed by atoms with E-state index in [1.807, 2.05) is 0 Å². The van der Waals surface area contributed by atoms with Gasteiger partial charge in [-0.15, -0.1) is 0 Å². The van der Waals surface area contributed by atoms with Crippen LogP contribution in [-0.4, -0.2) is 48.5 Å². The Kier molecular flexibility index (Phi) is 6.13. The zero-order valence-corrected chi connectivity index (χ0v) is 10.6. The first kappa shape index (κ1) is 14.1. The predicted octanol–water partition coefficient (Wildman–Crippen LogP) is 0.696. The van der Waals surface area contributed by atoms with Crippen LogP contribution in [0.3, 0.4) is 0 Å². The van der Waals surface area contributed by atoms with Crippen molar-refractivity contribution >= 4 is 17.4 Å². The molecule has 0 aliphatic carbocycles. The van der Waals surface area contributed by atoms with Gasteiger partial charge in [-0.05, 0) is 0 Å². The molecule has 0 saturated heterocycles. The molecular weight excluding hydrogens is 246 g/mol. The fraction of sp³-hybridized carbons (Fsp3) is 0.600. The van der Waals surface area contributed by atoms with Gasteiger partial charge in [0, 0.05) is 20.3 Å². The maximum absolute atomic E-state index is 9.12. The zero-order valence-electron chi connectivity index (χ0n) is 9.81. The van der Waals surface area contributed by atoms with Crippen LogP contribution in [0.15, 0.2) is 6.07 Å². The molecule has 7 heteroatoms. The van der Waals surface area contributed by atoms with Crippen molar-refractivity contribution in [3.8, 4) is 0 Å². The number of halogens is 1. The first-order valence-electron chi connectivity index (χ1n) is 5.08. The van der Waals surface area contributed by atoms with Gasteiger partial charge >= 0.3 is 0 Å². The molecule has 0 spiro atoms. The molecule has 0 aliphatic rings. The second-order valence-corrected chi connectivity index (χ2v) is 3.79. The Balaban J connectivity index is 2.75. The number of aliphatic hydroxyl groups excluding tert-OH is 1. The third kappa shape index (κ3) is 4.82. The van der Waals surface area contributed by atoms with Gasteiger partial charge in [-0.2, -0.15) is 0 Å². The smallest absolute Gasteiger partial charge is 0.158 e. The van der Waals surface area contributed by atoms with Crippen LogP contribution in [0.4, 0.5) is 5.82 Å². The third-order valence-electron chi connectivity index (χ3n) is 1.95. The summed E-state index contributed by atoms with van der Waals surface area (Å²) in [6.07, 6.45) is 0. The molecular formula is C10H16ClN3O3. The molecule has 2 N–H and O–H groups in total. The molecule has 0 aliphatic heterocycles. The van der Waals surface area contributed by atoms with E-state index in [2.05, 4.69) is 15.3 Å². The average Bonchev–Trinajstić information content (AvgIpc) is 2.28. The van der Waals surface area contributed by atoms with Gasteiger partial charge < -0.3 is 19.9 Å². The third-order valence-corrected chi connectivity index (χ3v) is 2.15. The summed E-state index contributed by atoms with van der Waals surface area (Å²) in [6, 6.07) is 1.35. The molecule has 0 aromatic carbocycles. The van der Waals surface area contributed by atoms with Gasteiger partial charge in [0.1, 0.15) is 17.6 Å². The number of nitrogens with one attached hydrogen (secondary N) is 1. The average molecular weight is 262 g/mol. The number of nitrogens with zero attached hydrogens (tertiary/aromatic N) is 2. The molecule has 1 aromatic rings. The van der Waals surface area contributed by atoms with Crippen molar-refractivity contribution in [2.45, 2.75) is 12.6 Å². The maximum Gasteiger partial charge on any atom is 0.158 e. The van der Waals surface area contributed by atoms with Gasteiger partial charge in [-0.25, -0.2) is 9.97 Å².